The topological polar surface area (TPSA) is 93.6 Å². The van der Waals surface area contributed by atoms with Crippen LogP contribution in [0, 0.1) is 11.8 Å². The Morgan fingerprint density at radius 3 is 2.95 bits per heavy atom. The van der Waals surface area contributed by atoms with Crippen LogP contribution < -0.4 is 5.73 Å². The quantitative estimate of drug-likeness (QED) is 0.569. The number of aromatic amines is 1. The summed E-state index contributed by atoms with van der Waals surface area (Å²) >= 11 is 0. The fourth-order valence-corrected chi connectivity index (χ4v) is 2.11. The normalized spacial score (nSPS) is 10.6. The molecular formula is C16H17N5O. The Hall–Kier alpha value is -2.81. The number of nitrogens with zero attached hydrogens (tertiary/aromatic N) is 3. The number of unbranched alkanes of at least 4 members (excludes halogenated alkanes) is 3. The third-order valence-corrected chi connectivity index (χ3v) is 3.24. The highest BCUT2D eigenvalue weighted by atomic mass is 16.3. The van der Waals surface area contributed by atoms with Crippen LogP contribution in [0.5, 0.6) is 0 Å². The number of imidazole rings is 1. The fraction of sp³-hybridized carbons (Fsp3) is 0.312. The SMILES string of the molecule is CCCCCC#Cc1nc(N)c2[nH]c(-c3ccco3)nc2n1. The fourth-order valence-electron chi connectivity index (χ4n) is 2.11. The predicted octanol–water partition coefficient (Wildman–Crippen LogP) is 3.13. The second-order valence-corrected chi connectivity index (χ2v) is 4.95. The van der Waals surface area contributed by atoms with Gasteiger partial charge in [-0.1, -0.05) is 25.7 Å². The van der Waals surface area contributed by atoms with Crippen LogP contribution in [0.2, 0.25) is 0 Å². The summed E-state index contributed by atoms with van der Waals surface area (Å²) in [5.41, 5.74) is 7.05. The van der Waals surface area contributed by atoms with E-state index < -0.39 is 0 Å². The van der Waals surface area contributed by atoms with Gasteiger partial charge in [-0.25, -0.2) is 9.97 Å². The Kier molecular flexibility index (Phi) is 4.05. The summed E-state index contributed by atoms with van der Waals surface area (Å²) in [6, 6.07) is 3.61. The van der Waals surface area contributed by atoms with Gasteiger partial charge in [0.1, 0.15) is 5.52 Å². The number of fused-ring (bicyclic) bond motifs is 1. The van der Waals surface area contributed by atoms with Crippen molar-refractivity contribution >= 4 is 17.0 Å². The molecular weight excluding hydrogens is 278 g/mol. The molecule has 3 heterocycles. The van der Waals surface area contributed by atoms with Crippen molar-refractivity contribution in [3.8, 4) is 23.4 Å². The molecule has 0 atom stereocenters. The maximum Gasteiger partial charge on any atom is 0.209 e. The molecule has 0 unspecified atom stereocenters. The Morgan fingerprint density at radius 2 is 2.18 bits per heavy atom. The standard InChI is InChI=1S/C16H17N5O/c1-2-3-4-5-6-9-12-18-14(17)13-16(19-12)21-15(20-13)11-8-7-10-22-11/h7-8,10H,2-5H2,1H3,(H3,17,18,19,20,21). The third-order valence-electron chi connectivity index (χ3n) is 3.24. The first-order valence-corrected chi connectivity index (χ1v) is 7.34. The van der Waals surface area contributed by atoms with Gasteiger partial charge in [-0.3, -0.25) is 0 Å². The van der Waals surface area contributed by atoms with Crippen molar-refractivity contribution in [2.45, 2.75) is 32.6 Å². The van der Waals surface area contributed by atoms with Gasteiger partial charge in [0.15, 0.2) is 23.0 Å². The molecule has 0 saturated heterocycles. The Labute approximate surface area is 128 Å². The van der Waals surface area contributed by atoms with Crippen molar-refractivity contribution in [2.75, 3.05) is 5.73 Å². The summed E-state index contributed by atoms with van der Waals surface area (Å²) in [5, 5.41) is 0. The van der Waals surface area contributed by atoms with Crippen molar-refractivity contribution in [1.82, 2.24) is 19.9 Å². The largest absolute Gasteiger partial charge is 0.461 e. The maximum atomic E-state index is 5.95. The molecule has 6 heteroatoms. The molecule has 6 nitrogen and oxygen atoms in total. The van der Waals surface area contributed by atoms with E-state index in [-0.39, 0.29) is 0 Å². The average Bonchev–Trinajstić information content (AvgIpc) is 3.16. The summed E-state index contributed by atoms with van der Waals surface area (Å²) < 4.78 is 5.31. The van der Waals surface area contributed by atoms with E-state index >= 15 is 0 Å². The highest BCUT2D eigenvalue weighted by molar-refractivity contribution is 5.84. The Bertz CT molecular complexity index is 823. The lowest BCUT2D eigenvalue weighted by Gasteiger charge is -1.94. The first-order chi connectivity index (χ1) is 10.8. The molecule has 0 aliphatic rings. The summed E-state index contributed by atoms with van der Waals surface area (Å²) in [7, 11) is 0. The first kappa shape index (κ1) is 14.1. The van der Waals surface area contributed by atoms with Gasteiger partial charge in [-0.2, -0.15) is 4.98 Å². The van der Waals surface area contributed by atoms with Crippen LogP contribution in [-0.4, -0.2) is 19.9 Å². The molecule has 22 heavy (non-hydrogen) atoms. The molecule has 0 bridgehead atoms. The van der Waals surface area contributed by atoms with Gasteiger partial charge >= 0.3 is 0 Å². The van der Waals surface area contributed by atoms with E-state index in [0.29, 0.717) is 34.4 Å². The molecule has 0 aliphatic heterocycles. The lowest BCUT2D eigenvalue weighted by Crippen LogP contribution is -1.97. The monoisotopic (exact) mass is 295 g/mol. The number of nitrogen functional groups attached to an aromatic ring is 1. The zero-order chi connectivity index (χ0) is 15.4. The van der Waals surface area contributed by atoms with Crippen molar-refractivity contribution in [3.05, 3.63) is 24.2 Å². The van der Waals surface area contributed by atoms with Crippen molar-refractivity contribution < 1.29 is 4.42 Å². The molecule has 0 spiro atoms. The molecule has 0 fully saturated rings. The van der Waals surface area contributed by atoms with Crippen LogP contribution in [0.15, 0.2) is 22.8 Å². The lowest BCUT2D eigenvalue weighted by molar-refractivity contribution is 0.578. The molecule has 0 radical (unpaired) electrons. The highest BCUT2D eigenvalue weighted by Gasteiger charge is 2.12. The Balaban J connectivity index is 1.88. The Morgan fingerprint density at radius 1 is 1.27 bits per heavy atom. The van der Waals surface area contributed by atoms with Crippen LogP contribution in [0.25, 0.3) is 22.7 Å². The van der Waals surface area contributed by atoms with Crippen LogP contribution in [0.1, 0.15) is 38.4 Å². The third kappa shape index (κ3) is 2.93. The number of H-pyrrole nitrogens is 1. The molecule has 0 aromatic carbocycles. The second kappa shape index (κ2) is 6.31. The average molecular weight is 295 g/mol. The number of hydrogen-bond acceptors (Lipinski definition) is 5. The highest BCUT2D eigenvalue weighted by Crippen LogP contribution is 2.22. The molecule has 3 aromatic heterocycles. The van der Waals surface area contributed by atoms with Gasteiger partial charge in [0.05, 0.1) is 6.26 Å². The van der Waals surface area contributed by atoms with Crippen molar-refractivity contribution in [1.29, 1.82) is 0 Å². The zero-order valence-electron chi connectivity index (χ0n) is 12.4. The summed E-state index contributed by atoms with van der Waals surface area (Å²) in [6.07, 6.45) is 5.88. The van der Waals surface area contributed by atoms with Crippen LogP contribution in [0.4, 0.5) is 5.82 Å². The van der Waals surface area contributed by atoms with E-state index in [4.69, 9.17) is 10.2 Å². The number of furan rings is 1. The minimum absolute atomic E-state index is 0.341. The molecule has 0 amide bonds. The van der Waals surface area contributed by atoms with E-state index in [1.807, 2.05) is 6.07 Å². The smallest absolute Gasteiger partial charge is 0.209 e. The van der Waals surface area contributed by atoms with E-state index in [9.17, 15) is 0 Å². The molecule has 3 aromatic rings. The number of rotatable bonds is 4. The summed E-state index contributed by atoms with van der Waals surface area (Å²) in [5.74, 6) is 7.98. The van der Waals surface area contributed by atoms with Crippen LogP contribution in [0.3, 0.4) is 0 Å². The van der Waals surface area contributed by atoms with Crippen LogP contribution >= 0.6 is 0 Å². The second-order valence-electron chi connectivity index (χ2n) is 4.95. The van der Waals surface area contributed by atoms with Gasteiger partial charge in [0.25, 0.3) is 0 Å². The zero-order valence-corrected chi connectivity index (χ0v) is 12.4. The van der Waals surface area contributed by atoms with Crippen LogP contribution in [-0.2, 0) is 0 Å². The summed E-state index contributed by atoms with van der Waals surface area (Å²) in [4.78, 5) is 16.0. The van der Waals surface area contributed by atoms with Crippen molar-refractivity contribution in [3.63, 3.8) is 0 Å². The minimum atomic E-state index is 0.341. The lowest BCUT2D eigenvalue weighted by atomic mass is 10.2. The van der Waals surface area contributed by atoms with Gasteiger partial charge in [-0.15, -0.1) is 0 Å². The van der Waals surface area contributed by atoms with Crippen molar-refractivity contribution in [2.24, 2.45) is 0 Å². The van der Waals surface area contributed by atoms with Gasteiger partial charge in [0, 0.05) is 6.42 Å². The van der Waals surface area contributed by atoms with E-state index in [1.54, 1.807) is 12.3 Å². The number of anilines is 1. The molecule has 112 valence electrons. The number of nitrogens with one attached hydrogen (secondary N) is 1. The number of hydrogen-bond donors (Lipinski definition) is 2. The molecule has 0 saturated carbocycles. The molecule has 3 N–H and O–H groups in total. The van der Waals surface area contributed by atoms with Gasteiger partial charge in [0.2, 0.25) is 5.82 Å². The van der Waals surface area contributed by atoms with E-state index in [1.165, 1.54) is 12.8 Å². The molecule has 0 aliphatic carbocycles. The summed E-state index contributed by atoms with van der Waals surface area (Å²) in [6.45, 7) is 2.17. The van der Waals surface area contributed by atoms with E-state index in [0.717, 1.165) is 12.8 Å². The molecule has 3 rings (SSSR count). The number of nitrogens with two attached hydrogens (primary N) is 1. The minimum Gasteiger partial charge on any atom is -0.461 e. The predicted molar refractivity (Wildman–Crippen MR) is 84.8 cm³/mol. The van der Waals surface area contributed by atoms with Gasteiger partial charge < -0.3 is 15.1 Å². The van der Waals surface area contributed by atoms with E-state index in [2.05, 4.69) is 38.7 Å². The first-order valence-electron chi connectivity index (χ1n) is 7.34. The maximum absolute atomic E-state index is 5.95. The number of aromatic nitrogens is 4. The van der Waals surface area contributed by atoms with Gasteiger partial charge in [-0.05, 0) is 24.5 Å².